The number of benzene rings is 2. The Morgan fingerprint density at radius 1 is 1.14 bits per heavy atom. The minimum absolute atomic E-state index is 0.0896. The number of nitrogens with one attached hydrogen (secondary N) is 1. The van der Waals surface area contributed by atoms with Crippen LogP contribution in [-0.4, -0.2) is 23.5 Å². The largest absolute Gasteiger partial charge is 0.359 e. The van der Waals surface area contributed by atoms with Gasteiger partial charge in [-0.2, -0.15) is 0 Å². The number of nitrogens with zero attached hydrogens (tertiary/aromatic N) is 2. The SMILES string of the molecule is O=C(c1ccc(F)cc1)N1CCc2cc(-c3csc(NC4CCCC4)n3)ccc21. The summed E-state index contributed by atoms with van der Waals surface area (Å²) >= 11 is 1.65. The van der Waals surface area contributed by atoms with Crippen LogP contribution >= 0.6 is 11.3 Å². The van der Waals surface area contributed by atoms with E-state index < -0.39 is 0 Å². The van der Waals surface area contributed by atoms with E-state index >= 15 is 0 Å². The summed E-state index contributed by atoms with van der Waals surface area (Å²) in [5.74, 6) is -0.425. The van der Waals surface area contributed by atoms with Crippen molar-refractivity contribution < 1.29 is 9.18 Å². The summed E-state index contributed by atoms with van der Waals surface area (Å²) in [6, 6.07) is 12.5. The van der Waals surface area contributed by atoms with E-state index in [1.807, 2.05) is 12.1 Å². The summed E-state index contributed by atoms with van der Waals surface area (Å²) in [6.07, 6.45) is 5.87. The Balaban J connectivity index is 1.35. The van der Waals surface area contributed by atoms with Gasteiger partial charge in [0.05, 0.1) is 5.69 Å². The van der Waals surface area contributed by atoms with E-state index in [0.717, 1.165) is 34.1 Å². The number of anilines is 2. The molecule has 1 amide bonds. The van der Waals surface area contributed by atoms with Gasteiger partial charge in [-0.25, -0.2) is 9.37 Å². The fourth-order valence-corrected chi connectivity index (χ4v) is 5.04. The molecule has 2 aromatic carbocycles. The summed E-state index contributed by atoms with van der Waals surface area (Å²) in [5.41, 5.74) is 4.64. The van der Waals surface area contributed by atoms with Gasteiger partial charge in [-0.3, -0.25) is 4.79 Å². The maximum atomic E-state index is 13.2. The number of carbonyl (C=O) groups is 1. The average Bonchev–Trinajstić information content (AvgIpc) is 3.49. The number of aromatic nitrogens is 1. The summed E-state index contributed by atoms with van der Waals surface area (Å²) < 4.78 is 13.2. The molecule has 0 atom stereocenters. The number of hydrogen-bond acceptors (Lipinski definition) is 4. The lowest BCUT2D eigenvalue weighted by Crippen LogP contribution is -2.28. The predicted octanol–water partition coefficient (Wildman–Crippen LogP) is 5.51. The summed E-state index contributed by atoms with van der Waals surface area (Å²) in [4.78, 5) is 19.4. The van der Waals surface area contributed by atoms with Crippen LogP contribution in [0.1, 0.15) is 41.6 Å². The zero-order valence-electron chi connectivity index (χ0n) is 16.0. The van der Waals surface area contributed by atoms with E-state index in [4.69, 9.17) is 4.98 Å². The van der Waals surface area contributed by atoms with Crippen molar-refractivity contribution in [3.05, 3.63) is 64.8 Å². The molecule has 6 heteroatoms. The average molecular weight is 408 g/mol. The van der Waals surface area contributed by atoms with E-state index in [9.17, 15) is 9.18 Å². The van der Waals surface area contributed by atoms with Crippen molar-refractivity contribution in [3.8, 4) is 11.3 Å². The molecule has 1 aliphatic heterocycles. The standard InChI is InChI=1S/C23H22FN3OS/c24-18-8-5-15(6-9-18)22(28)27-12-11-17-13-16(7-10-21(17)27)20-14-29-23(26-20)25-19-3-1-2-4-19/h5-10,13-14,19H,1-4,11-12H2,(H,25,26). The summed E-state index contributed by atoms with van der Waals surface area (Å²) in [6.45, 7) is 0.639. The van der Waals surface area contributed by atoms with Gasteiger partial charge >= 0.3 is 0 Å². The van der Waals surface area contributed by atoms with Crippen LogP contribution in [0.2, 0.25) is 0 Å². The summed E-state index contributed by atoms with van der Waals surface area (Å²) in [7, 11) is 0. The number of fused-ring (bicyclic) bond motifs is 1. The maximum Gasteiger partial charge on any atom is 0.258 e. The second-order valence-electron chi connectivity index (χ2n) is 7.72. The molecule has 1 N–H and O–H groups in total. The molecule has 2 aliphatic rings. The lowest BCUT2D eigenvalue weighted by molar-refractivity contribution is 0.0989. The fraction of sp³-hybridized carbons (Fsp3) is 0.304. The maximum absolute atomic E-state index is 13.2. The van der Waals surface area contributed by atoms with Crippen molar-refractivity contribution in [2.75, 3.05) is 16.8 Å². The molecule has 3 aromatic rings. The molecular formula is C23H22FN3OS. The molecular weight excluding hydrogens is 385 g/mol. The number of rotatable bonds is 4. The van der Waals surface area contributed by atoms with Gasteiger partial charge < -0.3 is 10.2 Å². The number of halogens is 1. The van der Waals surface area contributed by atoms with Gasteiger partial charge in [0.25, 0.3) is 5.91 Å². The highest BCUT2D eigenvalue weighted by Gasteiger charge is 2.26. The van der Waals surface area contributed by atoms with Crippen LogP contribution in [0.15, 0.2) is 47.8 Å². The van der Waals surface area contributed by atoms with Gasteiger partial charge in [0, 0.05) is 34.8 Å². The Labute approximate surface area is 173 Å². The number of thiazole rings is 1. The number of amides is 1. The highest BCUT2D eigenvalue weighted by Crippen LogP contribution is 2.34. The Morgan fingerprint density at radius 3 is 2.72 bits per heavy atom. The molecule has 0 unspecified atom stereocenters. The molecule has 1 fully saturated rings. The number of carbonyl (C=O) groups excluding carboxylic acids is 1. The zero-order chi connectivity index (χ0) is 19.8. The topological polar surface area (TPSA) is 45.2 Å². The molecule has 0 saturated heterocycles. The van der Waals surface area contributed by atoms with Gasteiger partial charge in [-0.15, -0.1) is 11.3 Å². The van der Waals surface area contributed by atoms with Crippen LogP contribution in [0.3, 0.4) is 0 Å². The molecule has 4 nitrogen and oxygen atoms in total. The smallest absolute Gasteiger partial charge is 0.258 e. The predicted molar refractivity (Wildman–Crippen MR) is 115 cm³/mol. The molecule has 1 saturated carbocycles. The van der Waals surface area contributed by atoms with Gasteiger partial charge in [-0.1, -0.05) is 18.9 Å². The van der Waals surface area contributed by atoms with Crippen LogP contribution in [0.25, 0.3) is 11.3 Å². The van der Waals surface area contributed by atoms with E-state index in [0.29, 0.717) is 18.2 Å². The van der Waals surface area contributed by atoms with Gasteiger partial charge in [-0.05, 0) is 61.2 Å². The Kier molecular flexibility index (Phi) is 4.79. The highest BCUT2D eigenvalue weighted by atomic mass is 32.1. The first kappa shape index (κ1) is 18.3. The lowest BCUT2D eigenvalue weighted by Gasteiger charge is -2.17. The van der Waals surface area contributed by atoms with Gasteiger partial charge in [0.2, 0.25) is 0 Å². The number of hydrogen-bond donors (Lipinski definition) is 1. The van der Waals surface area contributed by atoms with Crippen molar-refractivity contribution in [1.82, 2.24) is 4.98 Å². The van der Waals surface area contributed by atoms with Crippen LogP contribution in [-0.2, 0) is 6.42 Å². The second kappa shape index (κ2) is 7.59. The first-order valence-electron chi connectivity index (χ1n) is 10.1. The second-order valence-corrected chi connectivity index (χ2v) is 8.58. The van der Waals surface area contributed by atoms with Crippen molar-refractivity contribution in [1.29, 1.82) is 0 Å². The first-order chi connectivity index (χ1) is 14.2. The quantitative estimate of drug-likeness (QED) is 0.621. The molecule has 5 rings (SSSR count). The van der Waals surface area contributed by atoms with Crippen LogP contribution < -0.4 is 10.2 Å². The van der Waals surface area contributed by atoms with Gasteiger partial charge in [0.1, 0.15) is 5.82 Å². The zero-order valence-corrected chi connectivity index (χ0v) is 16.8. The molecule has 2 heterocycles. The van der Waals surface area contributed by atoms with E-state index in [-0.39, 0.29) is 11.7 Å². The van der Waals surface area contributed by atoms with Crippen molar-refractivity contribution >= 4 is 28.1 Å². The highest BCUT2D eigenvalue weighted by molar-refractivity contribution is 7.14. The molecule has 148 valence electrons. The van der Waals surface area contributed by atoms with Crippen LogP contribution in [0.4, 0.5) is 15.2 Å². The van der Waals surface area contributed by atoms with Crippen molar-refractivity contribution in [2.24, 2.45) is 0 Å². The Bertz CT molecular complexity index is 1040. The van der Waals surface area contributed by atoms with Crippen LogP contribution in [0, 0.1) is 5.82 Å². The first-order valence-corrected chi connectivity index (χ1v) is 11.0. The third-order valence-electron chi connectivity index (χ3n) is 5.79. The molecule has 0 spiro atoms. The van der Waals surface area contributed by atoms with Crippen LogP contribution in [0.5, 0.6) is 0 Å². The minimum atomic E-state index is -0.335. The van der Waals surface area contributed by atoms with E-state index in [2.05, 4.69) is 16.8 Å². The van der Waals surface area contributed by atoms with Crippen molar-refractivity contribution in [3.63, 3.8) is 0 Å². The fourth-order valence-electron chi connectivity index (χ4n) is 4.24. The monoisotopic (exact) mass is 407 g/mol. The lowest BCUT2D eigenvalue weighted by atomic mass is 10.1. The Hall–Kier alpha value is -2.73. The third-order valence-corrected chi connectivity index (χ3v) is 6.57. The van der Waals surface area contributed by atoms with Crippen molar-refractivity contribution in [2.45, 2.75) is 38.1 Å². The molecule has 0 bridgehead atoms. The molecule has 1 aliphatic carbocycles. The third kappa shape index (κ3) is 3.65. The summed E-state index contributed by atoms with van der Waals surface area (Å²) in [5, 5.41) is 6.63. The molecule has 0 radical (unpaired) electrons. The van der Waals surface area contributed by atoms with E-state index in [1.165, 1.54) is 49.9 Å². The molecule has 1 aromatic heterocycles. The van der Waals surface area contributed by atoms with E-state index in [1.54, 1.807) is 16.2 Å². The molecule has 29 heavy (non-hydrogen) atoms. The normalized spacial score (nSPS) is 16.2. The van der Waals surface area contributed by atoms with Gasteiger partial charge in [0.15, 0.2) is 5.13 Å². The minimum Gasteiger partial charge on any atom is -0.359 e. The Morgan fingerprint density at radius 2 is 1.93 bits per heavy atom.